The van der Waals surface area contributed by atoms with Crippen LogP contribution in [0.5, 0.6) is 0 Å². The summed E-state index contributed by atoms with van der Waals surface area (Å²) in [7, 11) is 0. The first kappa shape index (κ1) is 9.57. The van der Waals surface area contributed by atoms with Gasteiger partial charge in [0.2, 0.25) is 0 Å². The van der Waals surface area contributed by atoms with Crippen molar-refractivity contribution in [3.63, 3.8) is 0 Å². The number of hydrogen-bond donors (Lipinski definition) is 0. The summed E-state index contributed by atoms with van der Waals surface area (Å²) in [6.07, 6.45) is 6.19. The van der Waals surface area contributed by atoms with E-state index in [4.69, 9.17) is 0 Å². The molecule has 0 aromatic carbocycles. The average molecular weight is 164 g/mol. The van der Waals surface area contributed by atoms with E-state index < -0.39 is 0 Å². The highest BCUT2D eigenvalue weighted by molar-refractivity contribution is 5.12. The predicted octanol–water partition coefficient (Wildman–Crippen LogP) is 3.95. The van der Waals surface area contributed by atoms with Gasteiger partial charge in [-0.25, -0.2) is 0 Å². The highest BCUT2D eigenvalue weighted by atomic mass is 14.2. The molecule has 1 unspecified atom stereocenters. The lowest BCUT2D eigenvalue weighted by molar-refractivity contribution is 0.492. The van der Waals surface area contributed by atoms with Crippen LogP contribution in [-0.2, 0) is 0 Å². The molecule has 1 aliphatic rings. The van der Waals surface area contributed by atoms with E-state index in [1.54, 1.807) is 5.57 Å². The second-order valence-corrected chi connectivity index (χ2v) is 4.25. The molecule has 0 amide bonds. The van der Waals surface area contributed by atoms with Crippen molar-refractivity contribution in [1.82, 2.24) is 0 Å². The summed E-state index contributed by atoms with van der Waals surface area (Å²) in [4.78, 5) is 0. The Balaban J connectivity index is 2.51. The van der Waals surface area contributed by atoms with Gasteiger partial charge in [-0.3, -0.25) is 0 Å². The fourth-order valence-electron chi connectivity index (χ4n) is 1.77. The van der Waals surface area contributed by atoms with E-state index in [2.05, 4.69) is 33.4 Å². The fourth-order valence-corrected chi connectivity index (χ4v) is 1.77. The van der Waals surface area contributed by atoms with Crippen molar-refractivity contribution in [2.75, 3.05) is 0 Å². The van der Waals surface area contributed by atoms with Crippen LogP contribution >= 0.6 is 0 Å². The van der Waals surface area contributed by atoms with Crippen LogP contribution in [0.1, 0.15) is 40.0 Å². The zero-order valence-electron chi connectivity index (χ0n) is 8.56. The molecule has 0 bridgehead atoms. The van der Waals surface area contributed by atoms with Crippen molar-refractivity contribution < 1.29 is 0 Å². The van der Waals surface area contributed by atoms with Crippen molar-refractivity contribution >= 4 is 0 Å². The average Bonchev–Trinajstić information content (AvgIpc) is 2.04. The summed E-state index contributed by atoms with van der Waals surface area (Å²) in [5, 5.41) is 0. The SMILES string of the molecule is C=C(C(C)C)C1CC=C(C)CC1. The van der Waals surface area contributed by atoms with E-state index in [1.807, 2.05) is 0 Å². The summed E-state index contributed by atoms with van der Waals surface area (Å²) in [5.41, 5.74) is 3.00. The second-order valence-electron chi connectivity index (χ2n) is 4.25. The lowest BCUT2D eigenvalue weighted by Gasteiger charge is -2.24. The van der Waals surface area contributed by atoms with E-state index in [-0.39, 0.29) is 0 Å². The zero-order chi connectivity index (χ0) is 9.14. The summed E-state index contributed by atoms with van der Waals surface area (Å²) in [6.45, 7) is 10.9. The summed E-state index contributed by atoms with van der Waals surface area (Å²) in [6, 6.07) is 0. The molecule has 0 heteroatoms. The molecule has 0 N–H and O–H groups in total. The third kappa shape index (κ3) is 2.23. The largest absolute Gasteiger partial charge is 0.0993 e. The third-order valence-electron chi connectivity index (χ3n) is 2.90. The first-order valence-corrected chi connectivity index (χ1v) is 4.95. The lowest BCUT2D eigenvalue weighted by Crippen LogP contribution is -2.10. The van der Waals surface area contributed by atoms with Crippen LogP contribution in [0.4, 0.5) is 0 Å². The summed E-state index contributed by atoms with van der Waals surface area (Å²) < 4.78 is 0. The van der Waals surface area contributed by atoms with Crippen molar-refractivity contribution in [1.29, 1.82) is 0 Å². The van der Waals surface area contributed by atoms with E-state index >= 15 is 0 Å². The van der Waals surface area contributed by atoms with Gasteiger partial charge in [-0.05, 0) is 38.0 Å². The minimum atomic E-state index is 0.654. The molecular formula is C12H20. The van der Waals surface area contributed by atoms with Gasteiger partial charge in [-0.2, -0.15) is 0 Å². The Labute approximate surface area is 76.4 Å². The first-order chi connectivity index (χ1) is 5.61. The molecule has 0 spiro atoms. The Morgan fingerprint density at radius 3 is 2.67 bits per heavy atom. The van der Waals surface area contributed by atoms with Gasteiger partial charge in [0.25, 0.3) is 0 Å². The fraction of sp³-hybridized carbons (Fsp3) is 0.667. The normalized spacial score (nSPS) is 24.0. The standard InChI is InChI=1S/C12H20/c1-9(2)11(4)12-7-5-10(3)6-8-12/h5,9,12H,4,6-8H2,1-3H3. The van der Waals surface area contributed by atoms with Crippen LogP contribution in [0.2, 0.25) is 0 Å². The molecule has 1 aliphatic carbocycles. The van der Waals surface area contributed by atoms with Crippen LogP contribution < -0.4 is 0 Å². The molecule has 1 rings (SSSR count). The molecule has 1 atom stereocenters. The highest BCUT2D eigenvalue weighted by Gasteiger charge is 2.16. The van der Waals surface area contributed by atoms with Crippen LogP contribution in [0, 0.1) is 11.8 Å². The Hall–Kier alpha value is -0.520. The van der Waals surface area contributed by atoms with E-state index in [0.29, 0.717) is 5.92 Å². The van der Waals surface area contributed by atoms with Gasteiger partial charge in [0, 0.05) is 0 Å². The third-order valence-corrected chi connectivity index (χ3v) is 2.90. The molecule has 68 valence electrons. The molecule has 0 fully saturated rings. The molecule has 0 aromatic heterocycles. The van der Waals surface area contributed by atoms with Crippen molar-refractivity contribution in [3.05, 3.63) is 23.8 Å². The van der Waals surface area contributed by atoms with Crippen LogP contribution in [0.25, 0.3) is 0 Å². The molecular weight excluding hydrogens is 144 g/mol. The van der Waals surface area contributed by atoms with Gasteiger partial charge in [0.05, 0.1) is 0 Å². The lowest BCUT2D eigenvalue weighted by atomic mass is 9.81. The number of allylic oxidation sites excluding steroid dienone is 3. The van der Waals surface area contributed by atoms with Crippen molar-refractivity contribution in [2.45, 2.75) is 40.0 Å². The molecule has 0 nitrogen and oxygen atoms in total. The molecule has 0 radical (unpaired) electrons. The zero-order valence-corrected chi connectivity index (χ0v) is 8.56. The Bertz CT molecular complexity index is 196. The van der Waals surface area contributed by atoms with Gasteiger partial charge < -0.3 is 0 Å². The van der Waals surface area contributed by atoms with Gasteiger partial charge in [-0.1, -0.05) is 37.6 Å². The van der Waals surface area contributed by atoms with Gasteiger partial charge in [0.15, 0.2) is 0 Å². The minimum Gasteiger partial charge on any atom is -0.0993 e. The van der Waals surface area contributed by atoms with Gasteiger partial charge >= 0.3 is 0 Å². The molecule has 0 aromatic rings. The molecule has 12 heavy (non-hydrogen) atoms. The van der Waals surface area contributed by atoms with Crippen LogP contribution in [0.3, 0.4) is 0 Å². The van der Waals surface area contributed by atoms with Crippen molar-refractivity contribution in [2.24, 2.45) is 11.8 Å². The predicted molar refractivity (Wildman–Crippen MR) is 55.1 cm³/mol. The van der Waals surface area contributed by atoms with Crippen LogP contribution in [0.15, 0.2) is 23.8 Å². The highest BCUT2D eigenvalue weighted by Crippen LogP contribution is 2.31. The van der Waals surface area contributed by atoms with Crippen molar-refractivity contribution in [3.8, 4) is 0 Å². The quantitative estimate of drug-likeness (QED) is 0.542. The maximum atomic E-state index is 4.17. The molecule has 0 saturated heterocycles. The van der Waals surface area contributed by atoms with E-state index in [9.17, 15) is 0 Å². The minimum absolute atomic E-state index is 0.654. The molecule has 0 saturated carbocycles. The Morgan fingerprint density at radius 1 is 1.58 bits per heavy atom. The van der Waals surface area contributed by atoms with E-state index in [0.717, 1.165) is 5.92 Å². The smallest absolute Gasteiger partial charge is 0.0166 e. The number of rotatable bonds is 2. The van der Waals surface area contributed by atoms with Crippen LogP contribution in [-0.4, -0.2) is 0 Å². The summed E-state index contributed by atoms with van der Waals surface area (Å²) in [5.74, 6) is 1.41. The maximum absolute atomic E-state index is 4.17. The van der Waals surface area contributed by atoms with E-state index in [1.165, 1.54) is 24.8 Å². The Kier molecular flexibility index (Phi) is 3.13. The Morgan fingerprint density at radius 2 is 2.25 bits per heavy atom. The van der Waals surface area contributed by atoms with Gasteiger partial charge in [-0.15, -0.1) is 0 Å². The molecule has 0 aliphatic heterocycles. The first-order valence-electron chi connectivity index (χ1n) is 4.95. The topological polar surface area (TPSA) is 0 Å². The maximum Gasteiger partial charge on any atom is -0.0166 e. The summed E-state index contributed by atoms with van der Waals surface area (Å²) >= 11 is 0. The second kappa shape index (κ2) is 3.93. The van der Waals surface area contributed by atoms with Gasteiger partial charge in [0.1, 0.15) is 0 Å². The monoisotopic (exact) mass is 164 g/mol. The number of hydrogen-bond acceptors (Lipinski definition) is 0. The molecule has 0 heterocycles.